The molecular weight excluding hydrogens is 360 g/mol. The first kappa shape index (κ1) is 15.4. The highest BCUT2D eigenvalue weighted by Crippen LogP contribution is 2.27. The van der Waals surface area contributed by atoms with Gasteiger partial charge in [0.1, 0.15) is 10.0 Å². The van der Waals surface area contributed by atoms with E-state index in [4.69, 9.17) is 0 Å². The molecule has 0 aromatic carbocycles. The minimum Gasteiger partial charge on any atom is -0.263 e. The number of nitrogens with one attached hydrogen (secondary N) is 1. The third kappa shape index (κ3) is 3.68. The Morgan fingerprint density at radius 3 is 2.61 bits per heavy atom. The molecule has 2 aromatic heterocycles. The average molecular weight is 370 g/mol. The molecule has 0 radical (unpaired) electrons. The van der Waals surface area contributed by atoms with Crippen LogP contribution in [0.1, 0.15) is 5.56 Å². The summed E-state index contributed by atoms with van der Waals surface area (Å²) >= 11 is 4.39. The molecule has 0 unspecified atom stereocenters. The molecule has 1 N–H and O–H groups in total. The van der Waals surface area contributed by atoms with E-state index in [0.29, 0.717) is 5.82 Å². The van der Waals surface area contributed by atoms with E-state index in [0.717, 1.165) is 20.7 Å². The summed E-state index contributed by atoms with van der Waals surface area (Å²) in [4.78, 5) is 3.96. The number of nitrogens with zero attached hydrogens (tertiary/aromatic N) is 1. The van der Waals surface area contributed by atoms with Gasteiger partial charge in [0.25, 0.3) is 10.0 Å². The summed E-state index contributed by atoms with van der Waals surface area (Å²) in [7, 11) is -3.53. The number of rotatable bonds is 3. The second kappa shape index (κ2) is 6.01. The molecule has 2 aromatic rings. The topological polar surface area (TPSA) is 59.1 Å². The molecule has 0 aliphatic heterocycles. The Morgan fingerprint density at radius 2 is 2.06 bits per heavy atom. The van der Waals surface area contributed by atoms with E-state index in [1.165, 1.54) is 0 Å². The third-order valence-corrected chi connectivity index (χ3v) is 5.44. The van der Waals surface area contributed by atoms with Crippen LogP contribution in [0.15, 0.2) is 38.5 Å². The van der Waals surface area contributed by atoms with E-state index < -0.39 is 10.0 Å². The van der Waals surface area contributed by atoms with Crippen LogP contribution in [0.4, 0.5) is 5.82 Å². The van der Waals surface area contributed by atoms with Crippen molar-refractivity contribution in [2.24, 2.45) is 0 Å². The molecule has 0 fully saturated rings. The Hall–Kier alpha value is -0.630. The molecule has 0 spiro atoms. The quantitative estimate of drug-likeness (QED) is 0.901. The number of hydrogen-bond donors (Lipinski definition) is 1. The van der Waals surface area contributed by atoms with Crippen LogP contribution in [-0.4, -0.2) is 13.4 Å². The maximum absolute atomic E-state index is 12.0. The van der Waals surface area contributed by atoms with Crippen molar-refractivity contribution in [1.82, 2.24) is 4.98 Å². The molecule has 0 saturated heterocycles. The van der Waals surface area contributed by atoms with E-state index in [1.54, 1.807) is 30.5 Å². The first-order valence-electron chi connectivity index (χ1n) is 4.68. The van der Waals surface area contributed by atoms with Crippen LogP contribution in [0.25, 0.3) is 0 Å². The summed E-state index contributed by atoms with van der Waals surface area (Å²) < 4.78 is 27.4. The molecule has 18 heavy (non-hydrogen) atoms. The van der Waals surface area contributed by atoms with Crippen molar-refractivity contribution in [2.75, 3.05) is 4.72 Å². The zero-order valence-electron chi connectivity index (χ0n) is 9.25. The third-order valence-electron chi connectivity index (χ3n) is 1.97. The van der Waals surface area contributed by atoms with Gasteiger partial charge in [-0.1, -0.05) is 0 Å². The molecule has 2 rings (SSSR count). The fraction of sp³-hybridized carbons (Fsp3) is 0.100. The molecular formula is C10H10BrClN2O2S2. The maximum atomic E-state index is 12.0. The van der Waals surface area contributed by atoms with Gasteiger partial charge in [0.05, 0.1) is 3.79 Å². The van der Waals surface area contributed by atoms with E-state index >= 15 is 0 Å². The number of aromatic nitrogens is 1. The van der Waals surface area contributed by atoms with Gasteiger partial charge >= 0.3 is 0 Å². The lowest BCUT2D eigenvalue weighted by molar-refractivity contribution is 0.603. The Kier molecular flexibility index (Phi) is 5.15. The summed E-state index contributed by atoms with van der Waals surface area (Å²) in [6, 6.07) is 6.73. The Balaban J connectivity index is 0.00000162. The zero-order valence-corrected chi connectivity index (χ0v) is 13.3. The summed E-state index contributed by atoms with van der Waals surface area (Å²) in [5.41, 5.74) is 0.949. The molecule has 0 bridgehead atoms. The summed E-state index contributed by atoms with van der Waals surface area (Å²) in [6.45, 7) is 1.88. The zero-order chi connectivity index (χ0) is 12.5. The molecule has 0 aliphatic rings. The lowest BCUT2D eigenvalue weighted by atomic mass is 10.3. The lowest BCUT2D eigenvalue weighted by Crippen LogP contribution is -2.12. The number of sulfonamides is 1. The van der Waals surface area contributed by atoms with Gasteiger partial charge in [-0.15, -0.1) is 23.7 Å². The molecule has 0 atom stereocenters. The van der Waals surface area contributed by atoms with Crippen molar-refractivity contribution in [3.05, 3.63) is 39.8 Å². The number of halogens is 2. The Morgan fingerprint density at radius 1 is 1.33 bits per heavy atom. The fourth-order valence-electron chi connectivity index (χ4n) is 1.22. The van der Waals surface area contributed by atoms with Crippen LogP contribution in [0, 0.1) is 6.92 Å². The highest BCUT2D eigenvalue weighted by Gasteiger charge is 2.16. The normalized spacial score (nSPS) is 10.8. The minimum atomic E-state index is -3.53. The summed E-state index contributed by atoms with van der Waals surface area (Å²) in [6.07, 6.45) is 1.57. The van der Waals surface area contributed by atoms with E-state index in [1.807, 2.05) is 6.92 Å². The van der Waals surface area contributed by atoms with Gasteiger partial charge in [0.2, 0.25) is 0 Å². The number of aryl methyl sites for hydroxylation is 1. The van der Waals surface area contributed by atoms with Gasteiger partial charge in [0, 0.05) is 6.20 Å². The highest BCUT2D eigenvalue weighted by molar-refractivity contribution is 9.11. The first-order chi connectivity index (χ1) is 7.97. The monoisotopic (exact) mass is 368 g/mol. The minimum absolute atomic E-state index is 0. The van der Waals surface area contributed by atoms with Crippen LogP contribution in [0.5, 0.6) is 0 Å². The first-order valence-corrected chi connectivity index (χ1v) is 7.77. The number of pyridine rings is 1. The van der Waals surface area contributed by atoms with E-state index in [2.05, 4.69) is 25.6 Å². The van der Waals surface area contributed by atoms with E-state index in [-0.39, 0.29) is 16.6 Å². The summed E-state index contributed by atoms with van der Waals surface area (Å²) in [5.74, 6) is 0.328. The smallest absolute Gasteiger partial charge is 0.263 e. The van der Waals surface area contributed by atoms with Crippen molar-refractivity contribution in [1.29, 1.82) is 0 Å². The Labute approximate surface area is 124 Å². The second-order valence-electron chi connectivity index (χ2n) is 3.38. The Bertz CT molecular complexity index is 643. The van der Waals surface area contributed by atoms with Crippen LogP contribution in [-0.2, 0) is 10.0 Å². The number of hydrogen-bond acceptors (Lipinski definition) is 4. The maximum Gasteiger partial charge on any atom is 0.272 e. The van der Waals surface area contributed by atoms with Crippen molar-refractivity contribution < 1.29 is 8.42 Å². The van der Waals surface area contributed by atoms with Gasteiger partial charge in [-0.05, 0) is 52.7 Å². The fourth-order valence-corrected chi connectivity index (χ4v) is 4.23. The van der Waals surface area contributed by atoms with Crippen LogP contribution in [0.2, 0.25) is 0 Å². The molecule has 0 amide bonds. The average Bonchev–Trinajstić information content (AvgIpc) is 2.65. The SMILES string of the molecule is Cc1ccnc(NS(=O)(=O)c2ccc(Br)s2)c1.Cl. The lowest BCUT2D eigenvalue weighted by Gasteiger charge is -2.05. The van der Waals surface area contributed by atoms with Crippen LogP contribution in [0.3, 0.4) is 0 Å². The van der Waals surface area contributed by atoms with Crippen molar-refractivity contribution >= 4 is 55.5 Å². The van der Waals surface area contributed by atoms with Gasteiger partial charge in [0.15, 0.2) is 0 Å². The standard InChI is InChI=1S/C10H9BrN2O2S2.ClH/c1-7-4-5-12-9(6-7)13-17(14,15)10-3-2-8(11)16-10;/h2-6H,1H3,(H,12,13);1H. The largest absolute Gasteiger partial charge is 0.272 e. The molecule has 2 heterocycles. The van der Waals surface area contributed by atoms with Gasteiger partial charge in [-0.2, -0.15) is 0 Å². The molecule has 0 aliphatic carbocycles. The predicted octanol–water partition coefficient (Wildman–Crippen LogP) is 3.44. The molecule has 98 valence electrons. The van der Waals surface area contributed by atoms with Crippen molar-refractivity contribution in [3.8, 4) is 0 Å². The predicted molar refractivity (Wildman–Crippen MR) is 79.0 cm³/mol. The van der Waals surface area contributed by atoms with Crippen molar-refractivity contribution in [2.45, 2.75) is 11.1 Å². The molecule has 8 heteroatoms. The van der Waals surface area contributed by atoms with Gasteiger partial charge in [-0.25, -0.2) is 13.4 Å². The van der Waals surface area contributed by atoms with Gasteiger partial charge in [-0.3, -0.25) is 4.72 Å². The second-order valence-corrected chi connectivity index (χ2v) is 7.75. The summed E-state index contributed by atoms with van der Waals surface area (Å²) in [5, 5.41) is 0. The molecule has 4 nitrogen and oxygen atoms in total. The van der Waals surface area contributed by atoms with Gasteiger partial charge < -0.3 is 0 Å². The highest BCUT2D eigenvalue weighted by atomic mass is 79.9. The molecule has 0 saturated carbocycles. The number of anilines is 1. The van der Waals surface area contributed by atoms with E-state index in [9.17, 15) is 8.42 Å². The van der Waals surface area contributed by atoms with Crippen molar-refractivity contribution in [3.63, 3.8) is 0 Å². The van der Waals surface area contributed by atoms with Crippen LogP contribution < -0.4 is 4.72 Å². The number of thiophene rings is 1. The van der Waals surface area contributed by atoms with Crippen LogP contribution >= 0.6 is 39.7 Å².